The number of benzene rings is 2. The zero-order valence-corrected chi connectivity index (χ0v) is 17.8. The highest BCUT2D eigenvalue weighted by Crippen LogP contribution is 2.25. The van der Waals surface area contributed by atoms with E-state index in [1.54, 1.807) is 35.0 Å². The lowest BCUT2D eigenvalue weighted by Gasteiger charge is -2.16. The number of Topliss-reactive ketones (excluding diaryl/α,β-unsaturated/α-hetero) is 1. The van der Waals surface area contributed by atoms with Crippen LogP contribution in [0.15, 0.2) is 59.5 Å². The third-order valence-corrected chi connectivity index (χ3v) is 5.04. The molecule has 0 radical (unpaired) electrons. The van der Waals surface area contributed by atoms with Crippen LogP contribution in [0.25, 0.3) is 5.69 Å². The molecule has 2 aromatic carbocycles. The maximum Gasteiger partial charge on any atom is 0.333 e. The minimum atomic E-state index is -0.835. The molecule has 0 aliphatic heterocycles. The van der Waals surface area contributed by atoms with Crippen LogP contribution in [-0.2, 0) is 6.54 Å². The Morgan fingerprint density at radius 2 is 1.77 bits per heavy atom. The van der Waals surface area contributed by atoms with E-state index in [4.69, 9.17) is 4.74 Å². The number of carbonyl (C=O) groups is 1. The highest BCUT2D eigenvalue weighted by molar-refractivity contribution is 5.94. The molecule has 0 unspecified atom stereocenters. The van der Waals surface area contributed by atoms with E-state index in [0.29, 0.717) is 17.2 Å². The highest BCUT2D eigenvalue weighted by Gasteiger charge is 2.15. The molecule has 0 aliphatic rings. The van der Waals surface area contributed by atoms with Crippen molar-refractivity contribution in [3.8, 4) is 11.4 Å². The number of aliphatic hydroxyl groups excluding tert-OH is 1. The number of hydrogen-bond acceptors (Lipinski definition) is 4. The predicted molar refractivity (Wildman–Crippen MR) is 117 cm³/mol. The Morgan fingerprint density at radius 3 is 2.40 bits per heavy atom. The number of aryl methyl sites for hydroxylation is 1. The maximum absolute atomic E-state index is 12.9. The molecule has 0 amide bonds. The summed E-state index contributed by atoms with van der Waals surface area (Å²) in [7, 11) is 0. The number of para-hydroxylation sites is 1. The summed E-state index contributed by atoms with van der Waals surface area (Å²) < 4.78 is 8.87. The summed E-state index contributed by atoms with van der Waals surface area (Å²) in [5.74, 6) is 1.04. The van der Waals surface area contributed by atoms with Crippen LogP contribution in [0.5, 0.6) is 5.75 Å². The molecule has 0 spiro atoms. The average molecular weight is 408 g/mol. The Kier molecular flexibility index (Phi) is 6.57. The molecule has 30 heavy (non-hydrogen) atoms. The molecule has 1 heterocycles. The van der Waals surface area contributed by atoms with Crippen LogP contribution in [0, 0.1) is 6.92 Å². The fourth-order valence-corrected chi connectivity index (χ4v) is 3.46. The van der Waals surface area contributed by atoms with Crippen LogP contribution >= 0.6 is 0 Å². The van der Waals surface area contributed by atoms with Gasteiger partial charge in [0.1, 0.15) is 18.5 Å². The second-order valence-corrected chi connectivity index (χ2v) is 7.80. The van der Waals surface area contributed by atoms with Gasteiger partial charge in [-0.25, -0.2) is 4.79 Å². The third kappa shape index (κ3) is 4.71. The lowest BCUT2D eigenvalue weighted by atomic mass is 10.0. The van der Waals surface area contributed by atoms with E-state index >= 15 is 0 Å². The fourth-order valence-electron chi connectivity index (χ4n) is 3.46. The van der Waals surface area contributed by atoms with Gasteiger partial charge in [-0.2, -0.15) is 0 Å². The van der Waals surface area contributed by atoms with Gasteiger partial charge in [-0.15, -0.1) is 0 Å². The maximum atomic E-state index is 12.9. The summed E-state index contributed by atoms with van der Waals surface area (Å²) in [5.41, 5.74) is 2.85. The van der Waals surface area contributed by atoms with Crippen LogP contribution in [0.1, 0.15) is 48.3 Å². The number of carbonyl (C=O) groups excluding carboxylic acids is 1. The van der Waals surface area contributed by atoms with Crippen molar-refractivity contribution in [3.63, 3.8) is 0 Å². The zero-order valence-electron chi connectivity index (χ0n) is 17.8. The first-order valence-corrected chi connectivity index (χ1v) is 10.1. The summed E-state index contributed by atoms with van der Waals surface area (Å²) in [6, 6.07) is 14.7. The van der Waals surface area contributed by atoms with Gasteiger partial charge in [-0.05, 0) is 55.7 Å². The quantitative estimate of drug-likeness (QED) is 0.577. The van der Waals surface area contributed by atoms with E-state index < -0.39 is 6.10 Å². The molecular formula is C24H28N2O4. The molecule has 0 saturated carbocycles. The van der Waals surface area contributed by atoms with Crippen molar-refractivity contribution in [2.24, 2.45) is 0 Å². The number of aliphatic hydroxyl groups is 1. The van der Waals surface area contributed by atoms with E-state index in [1.165, 1.54) is 11.5 Å². The van der Waals surface area contributed by atoms with Crippen molar-refractivity contribution in [3.05, 3.63) is 82.0 Å². The SMILES string of the molecule is CC(=O)c1ccc(-n2c(C)cn(C[C@@H](O)COc3ccccc3C(C)C)c2=O)cc1. The monoisotopic (exact) mass is 408 g/mol. The molecule has 0 fully saturated rings. The highest BCUT2D eigenvalue weighted by atomic mass is 16.5. The number of aromatic nitrogens is 2. The van der Waals surface area contributed by atoms with Gasteiger partial charge in [-0.1, -0.05) is 32.0 Å². The summed E-state index contributed by atoms with van der Waals surface area (Å²) >= 11 is 0. The van der Waals surface area contributed by atoms with Crippen LogP contribution in [0.4, 0.5) is 0 Å². The molecule has 3 aromatic rings. The number of ether oxygens (including phenoxy) is 1. The van der Waals surface area contributed by atoms with Crippen LogP contribution in [0.2, 0.25) is 0 Å². The van der Waals surface area contributed by atoms with Crippen molar-refractivity contribution in [1.82, 2.24) is 9.13 Å². The van der Waals surface area contributed by atoms with Gasteiger partial charge in [0, 0.05) is 17.5 Å². The lowest BCUT2D eigenvalue weighted by Crippen LogP contribution is -2.31. The number of rotatable bonds is 8. The number of ketones is 1. The lowest BCUT2D eigenvalue weighted by molar-refractivity contribution is 0.0910. The van der Waals surface area contributed by atoms with E-state index in [2.05, 4.69) is 13.8 Å². The van der Waals surface area contributed by atoms with E-state index in [1.807, 2.05) is 31.2 Å². The van der Waals surface area contributed by atoms with Crippen LogP contribution in [0.3, 0.4) is 0 Å². The zero-order chi connectivity index (χ0) is 21.8. The Balaban J connectivity index is 1.73. The molecule has 0 aliphatic carbocycles. The standard InChI is InChI=1S/C24H28N2O4/c1-16(2)22-7-5-6-8-23(22)30-15-21(28)14-25-13-17(3)26(24(25)29)20-11-9-19(10-12-20)18(4)27/h5-13,16,21,28H,14-15H2,1-4H3/t21-/m1/s1. The molecule has 1 N–H and O–H groups in total. The Hall–Kier alpha value is -3.12. The molecule has 0 saturated heterocycles. The Bertz CT molecular complexity index is 1080. The molecule has 1 aromatic heterocycles. The molecule has 3 rings (SSSR count). The van der Waals surface area contributed by atoms with Crippen molar-refractivity contribution in [1.29, 1.82) is 0 Å². The number of hydrogen-bond donors (Lipinski definition) is 1. The Morgan fingerprint density at radius 1 is 1.10 bits per heavy atom. The van der Waals surface area contributed by atoms with Crippen LogP contribution in [-0.4, -0.2) is 32.7 Å². The second kappa shape index (κ2) is 9.13. The summed E-state index contributed by atoms with van der Waals surface area (Å²) in [5, 5.41) is 10.5. The average Bonchev–Trinajstić information content (AvgIpc) is 2.99. The Labute approximate surface area is 176 Å². The molecule has 6 heteroatoms. The van der Waals surface area contributed by atoms with Gasteiger partial charge in [0.2, 0.25) is 0 Å². The van der Waals surface area contributed by atoms with Gasteiger partial charge in [-0.3, -0.25) is 13.9 Å². The van der Waals surface area contributed by atoms with Gasteiger partial charge in [0.25, 0.3) is 0 Å². The first-order chi connectivity index (χ1) is 14.3. The van der Waals surface area contributed by atoms with Crippen molar-refractivity contribution in [2.75, 3.05) is 6.61 Å². The summed E-state index contributed by atoms with van der Waals surface area (Å²) in [6.45, 7) is 7.74. The van der Waals surface area contributed by atoms with Crippen molar-refractivity contribution in [2.45, 2.75) is 46.3 Å². The minimum absolute atomic E-state index is 0.0228. The van der Waals surface area contributed by atoms with Gasteiger partial charge in [0.15, 0.2) is 5.78 Å². The summed E-state index contributed by atoms with van der Waals surface area (Å²) in [6.07, 6.45) is 0.880. The van der Waals surface area contributed by atoms with Crippen LogP contribution < -0.4 is 10.4 Å². The van der Waals surface area contributed by atoms with Gasteiger partial charge in [0.05, 0.1) is 12.2 Å². The molecular weight excluding hydrogens is 380 g/mol. The first kappa shape index (κ1) is 21.6. The molecule has 6 nitrogen and oxygen atoms in total. The van der Waals surface area contributed by atoms with E-state index in [9.17, 15) is 14.7 Å². The van der Waals surface area contributed by atoms with Gasteiger partial charge < -0.3 is 9.84 Å². The number of nitrogens with zero attached hydrogens (tertiary/aromatic N) is 2. The molecule has 158 valence electrons. The predicted octanol–water partition coefficient (Wildman–Crippen LogP) is 3.71. The topological polar surface area (TPSA) is 73.5 Å². The minimum Gasteiger partial charge on any atom is -0.491 e. The number of imidazole rings is 1. The second-order valence-electron chi connectivity index (χ2n) is 7.80. The molecule has 0 bridgehead atoms. The largest absolute Gasteiger partial charge is 0.491 e. The van der Waals surface area contributed by atoms with Crippen molar-refractivity contribution < 1.29 is 14.6 Å². The summed E-state index contributed by atoms with van der Waals surface area (Å²) in [4.78, 5) is 24.3. The van der Waals surface area contributed by atoms with Gasteiger partial charge >= 0.3 is 5.69 Å². The smallest absolute Gasteiger partial charge is 0.333 e. The first-order valence-electron chi connectivity index (χ1n) is 10.1. The van der Waals surface area contributed by atoms with Crippen molar-refractivity contribution >= 4 is 5.78 Å². The van der Waals surface area contributed by atoms with E-state index in [0.717, 1.165) is 17.0 Å². The normalized spacial score (nSPS) is 12.2. The molecule has 1 atom stereocenters. The fraction of sp³-hybridized carbons (Fsp3) is 0.333. The third-order valence-electron chi connectivity index (χ3n) is 5.04. The van der Waals surface area contributed by atoms with E-state index in [-0.39, 0.29) is 24.6 Å².